The van der Waals surface area contributed by atoms with Crippen LogP contribution in [0.25, 0.3) is 0 Å². The Balaban J connectivity index is 2.32. The Morgan fingerprint density at radius 2 is 1.62 bits per heavy atom. The lowest BCUT2D eigenvalue weighted by Crippen LogP contribution is -2.26. The summed E-state index contributed by atoms with van der Waals surface area (Å²) < 4.78 is 13.0. The number of unbranched alkanes of at least 4 members (excludes halogenated alkanes) is 1. The van der Waals surface area contributed by atoms with Crippen molar-refractivity contribution in [3.8, 4) is 0 Å². The topological polar surface area (TPSA) is 49.3 Å². The van der Waals surface area contributed by atoms with Gasteiger partial charge in [-0.1, -0.05) is 61.9 Å². The molecule has 0 aliphatic carbocycles. The zero-order valence-electron chi connectivity index (χ0n) is 12.3. The molecule has 21 heavy (non-hydrogen) atoms. The minimum atomic E-state index is -3.53. The highest BCUT2D eigenvalue weighted by Gasteiger charge is 2.33. The van der Waals surface area contributed by atoms with Crippen molar-refractivity contribution >= 4 is 12.7 Å². The van der Waals surface area contributed by atoms with Crippen molar-refractivity contribution in [1.29, 1.82) is 0 Å². The van der Waals surface area contributed by atoms with E-state index >= 15 is 0 Å². The first-order valence-corrected chi connectivity index (χ1v) is 9.05. The van der Waals surface area contributed by atoms with E-state index in [0.29, 0.717) is 5.30 Å². The molecule has 0 aliphatic rings. The second kappa shape index (κ2) is 7.56. The third-order valence-corrected chi connectivity index (χ3v) is 5.68. The highest BCUT2D eigenvalue weighted by atomic mass is 31.2. The molecule has 0 saturated carbocycles. The highest BCUT2D eigenvalue weighted by molar-refractivity contribution is 7.66. The molecule has 2 unspecified atom stereocenters. The molecular weight excluding hydrogens is 281 g/mol. The first-order chi connectivity index (χ1) is 10.2. The van der Waals surface area contributed by atoms with Crippen LogP contribution in [0.4, 0.5) is 0 Å². The van der Waals surface area contributed by atoms with Gasteiger partial charge in [0.25, 0.3) is 0 Å². The molecule has 0 saturated heterocycles. The van der Waals surface area contributed by atoms with Crippen LogP contribution in [-0.4, -0.2) is 11.4 Å². The Labute approximate surface area is 126 Å². The van der Waals surface area contributed by atoms with E-state index in [9.17, 15) is 9.46 Å². The fourth-order valence-corrected chi connectivity index (χ4v) is 4.14. The molecule has 2 aromatic carbocycles. The lowest BCUT2D eigenvalue weighted by molar-refractivity contribution is 0.458. The van der Waals surface area contributed by atoms with Gasteiger partial charge in [0.1, 0.15) is 5.78 Å². The number of rotatable bonds is 7. The number of benzene rings is 2. The van der Waals surface area contributed by atoms with Crippen LogP contribution in [0.2, 0.25) is 0 Å². The molecule has 0 aromatic heterocycles. The zero-order chi connectivity index (χ0) is 15.1. The Bertz CT molecular complexity index is 586. The second-order valence-corrected chi connectivity index (χ2v) is 7.36. The van der Waals surface area contributed by atoms with Gasteiger partial charge >= 0.3 is 0 Å². The van der Waals surface area contributed by atoms with Gasteiger partial charge in [-0.3, -0.25) is 4.57 Å². The average molecular weight is 303 g/mol. The van der Waals surface area contributed by atoms with Crippen LogP contribution in [-0.2, 0) is 4.57 Å². The quantitative estimate of drug-likeness (QED) is 0.606. The van der Waals surface area contributed by atoms with Gasteiger partial charge in [-0.15, -0.1) is 0 Å². The molecule has 0 aliphatic heterocycles. The minimum absolute atomic E-state index is 0.489. The molecule has 112 valence electrons. The SMILES string of the molecule is CCCCNC(c1ccccc1)P(=O)(O)c1ccccc1. The third-order valence-electron chi connectivity index (χ3n) is 3.46. The lowest BCUT2D eigenvalue weighted by atomic mass is 10.2. The van der Waals surface area contributed by atoms with Gasteiger partial charge in [0.05, 0.1) is 0 Å². The van der Waals surface area contributed by atoms with E-state index in [4.69, 9.17) is 0 Å². The molecule has 2 atom stereocenters. The first kappa shape index (κ1) is 16.0. The predicted octanol–water partition coefficient (Wildman–Crippen LogP) is 3.67. The number of hydrogen-bond donors (Lipinski definition) is 2. The van der Waals surface area contributed by atoms with E-state index in [2.05, 4.69) is 12.2 Å². The van der Waals surface area contributed by atoms with Crippen LogP contribution in [0.1, 0.15) is 31.1 Å². The first-order valence-electron chi connectivity index (χ1n) is 7.32. The summed E-state index contributed by atoms with van der Waals surface area (Å²) in [6.07, 6.45) is 2.04. The van der Waals surface area contributed by atoms with Crippen molar-refractivity contribution in [3.05, 3.63) is 66.2 Å². The summed E-state index contributed by atoms with van der Waals surface area (Å²) in [7, 11) is -3.53. The van der Waals surface area contributed by atoms with Gasteiger partial charge in [-0.25, -0.2) is 0 Å². The van der Waals surface area contributed by atoms with Gasteiger partial charge in [-0.2, -0.15) is 0 Å². The molecule has 0 heterocycles. The average Bonchev–Trinajstić information content (AvgIpc) is 2.53. The molecule has 0 amide bonds. The fraction of sp³-hybridized carbons (Fsp3) is 0.294. The molecule has 4 heteroatoms. The molecule has 0 fully saturated rings. The smallest absolute Gasteiger partial charge is 0.250 e. The van der Waals surface area contributed by atoms with Crippen molar-refractivity contribution in [2.24, 2.45) is 0 Å². The van der Waals surface area contributed by atoms with Crippen molar-refractivity contribution < 1.29 is 9.46 Å². The van der Waals surface area contributed by atoms with Gasteiger partial charge < -0.3 is 10.2 Å². The summed E-state index contributed by atoms with van der Waals surface area (Å²) >= 11 is 0. The molecular formula is C17H22NO2P. The van der Waals surface area contributed by atoms with E-state index in [1.54, 1.807) is 24.3 Å². The largest absolute Gasteiger partial charge is 0.340 e. The van der Waals surface area contributed by atoms with Crippen LogP contribution in [0.3, 0.4) is 0 Å². The second-order valence-electron chi connectivity index (χ2n) is 5.08. The molecule has 3 nitrogen and oxygen atoms in total. The summed E-state index contributed by atoms with van der Waals surface area (Å²) in [4.78, 5) is 10.7. The van der Waals surface area contributed by atoms with Crippen molar-refractivity contribution in [1.82, 2.24) is 5.32 Å². The molecule has 0 bridgehead atoms. The van der Waals surface area contributed by atoms with Crippen LogP contribution >= 0.6 is 7.37 Å². The molecule has 0 spiro atoms. The summed E-state index contributed by atoms with van der Waals surface area (Å²) in [6.45, 7) is 2.84. The lowest BCUT2D eigenvalue weighted by Gasteiger charge is -2.25. The summed E-state index contributed by atoms with van der Waals surface area (Å²) in [5, 5.41) is 3.75. The highest BCUT2D eigenvalue weighted by Crippen LogP contribution is 2.52. The van der Waals surface area contributed by atoms with E-state index in [1.165, 1.54) is 0 Å². The normalized spacial score (nSPS) is 15.3. The van der Waals surface area contributed by atoms with E-state index in [0.717, 1.165) is 24.9 Å². The molecule has 2 aromatic rings. The van der Waals surface area contributed by atoms with Crippen LogP contribution in [0.15, 0.2) is 60.7 Å². The Morgan fingerprint density at radius 1 is 1.05 bits per heavy atom. The molecule has 2 rings (SSSR count). The van der Waals surface area contributed by atoms with Crippen LogP contribution in [0.5, 0.6) is 0 Å². The third kappa shape index (κ3) is 4.04. The van der Waals surface area contributed by atoms with E-state index in [-0.39, 0.29) is 0 Å². The van der Waals surface area contributed by atoms with Crippen LogP contribution in [0, 0.1) is 0 Å². The number of nitrogens with one attached hydrogen (secondary N) is 1. The summed E-state index contributed by atoms with van der Waals surface area (Å²) in [5.41, 5.74) is 0.850. The van der Waals surface area contributed by atoms with E-state index < -0.39 is 13.2 Å². The van der Waals surface area contributed by atoms with Crippen molar-refractivity contribution in [3.63, 3.8) is 0 Å². The van der Waals surface area contributed by atoms with Crippen molar-refractivity contribution in [2.75, 3.05) is 6.54 Å². The standard InChI is InChI=1S/C17H22NO2P/c1-2-3-14-18-17(15-10-6-4-7-11-15)21(19,20)16-12-8-5-9-13-16/h4-13,17-18H,2-3,14H2,1H3,(H,19,20). The van der Waals surface area contributed by atoms with Gasteiger partial charge in [-0.05, 0) is 30.7 Å². The summed E-state index contributed by atoms with van der Waals surface area (Å²) in [6, 6.07) is 18.4. The van der Waals surface area contributed by atoms with Gasteiger partial charge in [0.15, 0.2) is 0 Å². The van der Waals surface area contributed by atoms with Gasteiger partial charge in [0, 0.05) is 5.30 Å². The van der Waals surface area contributed by atoms with Crippen molar-refractivity contribution in [2.45, 2.75) is 25.5 Å². The maximum absolute atomic E-state index is 13.0. The Hall–Kier alpha value is -1.41. The van der Waals surface area contributed by atoms with Gasteiger partial charge in [0.2, 0.25) is 7.37 Å². The molecule has 2 N–H and O–H groups in total. The Morgan fingerprint density at radius 3 is 2.19 bits per heavy atom. The number of hydrogen-bond acceptors (Lipinski definition) is 2. The monoisotopic (exact) mass is 303 g/mol. The molecule has 0 radical (unpaired) electrons. The maximum atomic E-state index is 13.0. The van der Waals surface area contributed by atoms with Crippen LogP contribution < -0.4 is 10.6 Å². The Kier molecular flexibility index (Phi) is 5.75. The van der Waals surface area contributed by atoms with E-state index in [1.807, 2.05) is 36.4 Å². The zero-order valence-corrected chi connectivity index (χ0v) is 13.2. The maximum Gasteiger partial charge on any atom is 0.250 e. The fourth-order valence-electron chi connectivity index (χ4n) is 2.29. The summed E-state index contributed by atoms with van der Waals surface area (Å²) in [5.74, 6) is -0.562. The predicted molar refractivity (Wildman–Crippen MR) is 88.0 cm³/mol. The minimum Gasteiger partial charge on any atom is -0.340 e.